The summed E-state index contributed by atoms with van der Waals surface area (Å²) in [6.45, 7) is 7.43. The monoisotopic (exact) mass is 251 g/mol. The number of rotatable bonds is 2. The lowest BCUT2D eigenvalue weighted by molar-refractivity contribution is 0.00618. The molecule has 0 radical (unpaired) electrons. The molecule has 1 aromatic heterocycles. The summed E-state index contributed by atoms with van der Waals surface area (Å²) in [5.41, 5.74) is 0.661. The zero-order chi connectivity index (χ0) is 13.3. The molecule has 0 saturated heterocycles. The maximum atomic E-state index is 12.0. The van der Waals surface area contributed by atoms with E-state index in [0.29, 0.717) is 11.7 Å². The molecule has 0 aromatic carbocycles. The van der Waals surface area contributed by atoms with Gasteiger partial charge in [0.05, 0.1) is 11.7 Å². The van der Waals surface area contributed by atoms with Crippen LogP contribution in [0.25, 0.3) is 0 Å². The first-order valence-corrected chi connectivity index (χ1v) is 6.53. The van der Waals surface area contributed by atoms with Crippen molar-refractivity contribution in [2.24, 2.45) is 0 Å². The van der Waals surface area contributed by atoms with Gasteiger partial charge in [0.25, 0.3) is 0 Å². The lowest BCUT2D eigenvalue weighted by Crippen LogP contribution is -2.24. The second-order valence-corrected chi connectivity index (χ2v) is 5.91. The maximum absolute atomic E-state index is 12.0. The van der Waals surface area contributed by atoms with Gasteiger partial charge in [-0.25, -0.2) is 9.48 Å². The van der Waals surface area contributed by atoms with Gasteiger partial charge in [-0.05, 0) is 40.5 Å². The molecular formula is C13H21N3O2. The predicted molar refractivity (Wildman–Crippen MR) is 67.4 cm³/mol. The van der Waals surface area contributed by atoms with Gasteiger partial charge in [-0.1, -0.05) is 18.1 Å². The van der Waals surface area contributed by atoms with Crippen molar-refractivity contribution < 1.29 is 9.53 Å². The highest BCUT2D eigenvalue weighted by atomic mass is 16.6. The topological polar surface area (TPSA) is 57.0 Å². The lowest BCUT2D eigenvalue weighted by Gasteiger charge is -2.18. The van der Waals surface area contributed by atoms with Crippen molar-refractivity contribution in [2.75, 3.05) is 0 Å². The number of hydrogen-bond acceptors (Lipinski definition) is 4. The second kappa shape index (κ2) is 4.71. The minimum absolute atomic E-state index is 0.344. The number of nitrogens with zero attached hydrogens (tertiary/aromatic N) is 3. The third kappa shape index (κ3) is 2.71. The summed E-state index contributed by atoms with van der Waals surface area (Å²) in [5, 5.41) is 8.10. The van der Waals surface area contributed by atoms with E-state index in [-0.39, 0.29) is 5.97 Å². The first-order valence-electron chi connectivity index (χ1n) is 6.53. The van der Waals surface area contributed by atoms with Gasteiger partial charge in [-0.2, -0.15) is 0 Å². The van der Waals surface area contributed by atoms with Crippen molar-refractivity contribution in [3.63, 3.8) is 0 Å². The summed E-state index contributed by atoms with van der Waals surface area (Å²) in [6, 6.07) is 0.397. The molecule has 18 heavy (non-hydrogen) atoms. The summed E-state index contributed by atoms with van der Waals surface area (Å²) >= 11 is 0. The predicted octanol–water partition coefficient (Wildman–Crippen LogP) is 2.66. The molecular weight excluding hydrogens is 230 g/mol. The molecule has 0 unspecified atom stereocenters. The fourth-order valence-electron chi connectivity index (χ4n) is 2.35. The molecule has 1 heterocycles. The Morgan fingerprint density at radius 3 is 2.50 bits per heavy atom. The molecule has 0 bridgehead atoms. The molecule has 0 atom stereocenters. The van der Waals surface area contributed by atoms with Gasteiger partial charge in [-0.3, -0.25) is 0 Å². The van der Waals surface area contributed by atoms with E-state index in [0.717, 1.165) is 18.5 Å². The smallest absolute Gasteiger partial charge is 0.361 e. The van der Waals surface area contributed by atoms with Crippen molar-refractivity contribution >= 4 is 5.97 Å². The van der Waals surface area contributed by atoms with E-state index in [1.54, 1.807) is 0 Å². The van der Waals surface area contributed by atoms with Crippen molar-refractivity contribution in [1.82, 2.24) is 15.0 Å². The quantitative estimate of drug-likeness (QED) is 0.758. The van der Waals surface area contributed by atoms with Crippen molar-refractivity contribution in [3.05, 3.63) is 11.4 Å². The van der Waals surface area contributed by atoms with E-state index in [2.05, 4.69) is 10.3 Å². The zero-order valence-corrected chi connectivity index (χ0v) is 11.6. The number of esters is 1. The van der Waals surface area contributed by atoms with E-state index in [1.165, 1.54) is 12.8 Å². The first-order chi connectivity index (χ1) is 8.38. The van der Waals surface area contributed by atoms with Crippen LogP contribution in [-0.2, 0) is 4.74 Å². The Kier molecular flexibility index (Phi) is 3.41. The van der Waals surface area contributed by atoms with Gasteiger partial charge in [-0.15, -0.1) is 5.10 Å². The summed E-state index contributed by atoms with van der Waals surface area (Å²) in [6.07, 6.45) is 4.70. The lowest BCUT2D eigenvalue weighted by atomic mass is 10.2. The van der Waals surface area contributed by atoms with Crippen molar-refractivity contribution in [1.29, 1.82) is 0 Å². The summed E-state index contributed by atoms with van der Waals surface area (Å²) in [5.74, 6) is -0.385. The van der Waals surface area contributed by atoms with Crippen LogP contribution in [0.15, 0.2) is 0 Å². The number of ether oxygens (including phenoxy) is 1. The molecule has 0 spiro atoms. The van der Waals surface area contributed by atoms with Crippen LogP contribution in [0.3, 0.4) is 0 Å². The first kappa shape index (κ1) is 13.1. The normalized spacial score (nSPS) is 17.1. The largest absolute Gasteiger partial charge is 0.455 e. The van der Waals surface area contributed by atoms with Crippen LogP contribution in [0, 0.1) is 6.92 Å². The van der Waals surface area contributed by atoms with E-state index in [1.807, 2.05) is 32.4 Å². The summed E-state index contributed by atoms with van der Waals surface area (Å²) < 4.78 is 7.21. The third-order valence-electron chi connectivity index (χ3n) is 3.19. The Morgan fingerprint density at radius 2 is 1.94 bits per heavy atom. The van der Waals surface area contributed by atoms with Crippen LogP contribution >= 0.6 is 0 Å². The molecule has 100 valence electrons. The van der Waals surface area contributed by atoms with Gasteiger partial charge >= 0.3 is 5.97 Å². The molecule has 0 N–H and O–H groups in total. The highest BCUT2D eigenvalue weighted by Crippen LogP contribution is 2.30. The Balaban J connectivity index is 2.17. The Bertz CT molecular complexity index is 440. The van der Waals surface area contributed by atoms with Gasteiger partial charge in [0, 0.05) is 0 Å². The molecule has 5 nitrogen and oxygen atoms in total. The second-order valence-electron chi connectivity index (χ2n) is 5.91. The summed E-state index contributed by atoms with van der Waals surface area (Å²) in [4.78, 5) is 12.0. The molecule has 1 fully saturated rings. The third-order valence-corrected chi connectivity index (χ3v) is 3.19. The van der Waals surface area contributed by atoms with Crippen molar-refractivity contribution in [2.45, 2.75) is 65.0 Å². The fourth-order valence-corrected chi connectivity index (χ4v) is 2.35. The maximum Gasteiger partial charge on any atom is 0.361 e. The highest BCUT2D eigenvalue weighted by molar-refractivity contribution is 5.88. The molecule has 1 aromatic rings. The number of hydrogen-bond donors (Lipinski definition) is 0. The van der Waals surface area contributed by atoms with Gasteiger partial charge in [0.15, 0.2) is 5.69 Å². The van der Waals surface area contributed by atoms with Crippen LogP contribution in [0.2, 0.25) is 0 Å². The number of carbonyl (C=O) groups excluding carboxylic acids is 1. The molecule has 1 aliphatic carbocycles. The average Bonchev–Trinajstić information content (AvgIpc) is 2.82. The Morgan fingerprint density at radius 1 is 1.33 bits per heavy atom. The Labute approximate surface area is 108 Å². The van der Waals surface area contributed by atoms with Crippen LogP contribution in [-0.4, -0.2) is 26.6 Å². The molecule has 0 amide bonds. The summed E-state index contributed by atoms with van der Waals surface area (Å²) in [7, 11) is 0. The van der Waals surface area contributed by atoms with Crippen molar-refractivity contribution in [3.8, 4) is 0 Å². The number of carbonyl (C=O) groups is 1. The van der Waals surface area contributed by atoms with Gasteiger partial charge in [0.2, 0.25) is 0 Å². The van der Waals surface area contributed by atoms with Crippen LogP contribution in [0.5, 0.6) is 0 Å². The van der Waals surface area contributed by atoms with E-state index in [4.69, 9.17) is 4.74 Å². The minimum Gasteiger partial charge on any atom is -0.455 e. The molecule has 1 aliphatic rings. The molecule has 0 aliphatic heterocycles. The fraction of sp³-hybridized carbons (Fsp3) is 0.769. The average molecular weight is 251 g/mol. The van der Waals surface area contributed by atoms with Crippen LogP contribution < -0.4 is 0 Å². The zero-order valence-electron chi connectivity index (χ0n) is 11.6. The van der Waals surface area contributed by atoms with E-state index in [9.17, 15) is 4.79 Å². The van der Waals surface area contributed by atoms with Gasteiger partial charge in [0.1, 0.15) is 5.60 Å². The van der Waals surface area contributed by atoms with Crippen LogP contribution in [0.4, 0.5) is 0 Å². The van der Waals surface area contributed by atoms with Crippen LogP contribution in [0.1, 0.15) is 68.7 Å². The van der Waals surface area contributed by atoms with E-state index < -0.39 is 5.60 Å². The number of aromatic nitrogens is 3. The van der Waals surface area contributed by atoms with E-state index >= 15 is 0 Å². The minimum atomic E-state index is -0.499. The highest BCUT2D eigenvalue weighted by Gasteiger charge is 2.26. The standard InChI is InChI=1S/C13H21N3O2/c1-9-11(12(17)18-13(2,3)4)14-15-16(9)10-7-5-6-8-10/h10H,5-8H2,1-4H3. The molecule has 5 heteroatoms. The molecule has 2 rings (SSSR count). The Hall–Kier alpha value is -1.39. The SMILES string of the molecule is Cc1c(C(=O)OC(C)(C)C)nnn1C1CCCC1. The van der Waals surface area contributed by atoms with Gasteiger partial charge < -0.3 is 4.74 Å². The molecule has 1 saturated carbocycles.